The Bertz CT molecular complexity index is 1690. The third-order valence-corrected chi connectivity index (χ3v) is 16.4. The standard InChI is InChI=1S/C13H9.C13H10.C11H8F.Zr/c1-3-7-12-10(5-1)9-11-6-2-4-8-13(11)12;1-3-7-12(8-4-1)11-13-9-5-2-6-10-13;12-11-8-4-3-7-10(11)9-5-1-2-6-9;/h1-9H;1-10H;1,3-5,7-8H,2H2;. The van der Waals surface area contributed by atoms with Crippen molar-refractivity contribution in [1.29, 1.82) is 0 Å². The second-order valence-electron chi connectivity index (χ2n) is 10.1. The van der Waals surface area contributed by atoms with Gasteiger partial charge in [-0.2, -0.15) is 0 Å². The minimum atomic E-state index is -2.92. The van der Waals surface area contributed by atoms with Crippen LogP contribution < -0.4 is 0 Å². The molecule has 0 N–H and O–H groups in total. The maximum absolute atomic E-state index is 15.3. The van der Waals surface area contributed by atoms with Crippen molar-refractivity contribution >= 4 is 8.78 Å². The molecular formula is C37H27FZr. The zero-order valence-electron chi connectivity index (χ0n) is 21.5. The van der Waals surface area contributed by atoms with Gasteiger partial charge in [-0.15, -0.1) is 0 Å². The number of fused-ring (bicyclic) bond motifs is 3. The van der Waals surface area contributed by atoms with Gasteiger partial charge in [0.1, 0.15) is 0 Å². The van der Waals surface area contributed by atoms with Crippen molar-refractivity contribution in [2.24, 2.45) is 0 Å². The Labute approximate surface area is 237 Å². The summed E-state index contributed by atoms with van der Waals surface area (Å²) in [5, 5.41) is 0. The Balaban J connectivity index is 1.63. The summed E-state index contributed by atoms with van der Waals surface area (Å²) in [5.74, 6) is -0.146. The van der Waals surface area contributed by atoms with E-state index in [0.29, 0.717) is 3.63 Å². The van der Waals surface area contributed by atoms with Crippen LogP contribution in [0.15, 0.2) is 149 Å². The summed E-state index contributed by atoms with van der Waals surface area (Å²) in [6.07, 6.45) is 5.30. The summed E-state index contributed by atoms with van der Waals surface area (Å²) >= 11 is -2.92. The molecule has 2 aliphatic carbocycles. The molecule has 0 saturated carbocycles. The van der Waals surface area contributed by atoms with E-state index in [9.17, 15) is 0 Å². The molecular weight excluding hydrogens is 555 g/mol. The molecule has 39 heavy (non-hydrogen) atoms. The van der Waals surface area contributed by atoms with Crippen molar-refractivity contribution in [3.63, 3.8) is 0 Å². The number of hydrogen-bond acceptors (Lipinski definition) is 0. The minimum absolute atomic E-state index is 0.146. The topological polar surface area (TPSA) is 0 Å². The molecule has 0 radical (unpaired) electrons. The van der Waals surface area contributed by atoms with Gasteiger partial charge in [0, 0.05) is 0 Å². The monoisotopic (exact) mass is 580 g/mol. The number of allylic oxidation sites excluding steroid dienone is 4. The maximum atomic E-state index is 15.3. The van der Waals surface area contributed by atoms with Crippen LogP contribution in [0.5, 0.6) is 0 Å². The summed E-state index contributed by atoms with van der Waals surface area (Å²) < 4.78 is 18.6. The van der Waals surface area contributed by atoms with Crippen LogP contribution in [0.1, 0.15) is 37.9 Å². The summed E-state index contributed by atoms with van der Waals surface area (Å²) in [5.41, 5.74) is 9.91. The van der Waals surface area contributed by atoms with E-state index in [1.165, 1.54) is 39.9 Å². The zero-order chi connectivity index (χ0) is 26.2. The molecule has 5 aromatic rings. The first-order chi connectivity index (χ1) is 19.3. The zero-order valence-corrected chi connectivity index (χ0v) is 24.0. The fraction of sp³-hybridized carbons (Fsp3) is 0.0541. The molecule has 186 valence electrons. The number of rotatable bonds is 5. The Morgan fingerprint density at radius 2 is 1.05 bits per heavy atom. The summed E-state index contributed by atoms with van der Waals surface area (Å²) in [6.45, 7) is 0. The molecule has 0 spiro atoms. The van der Waals surface area contributed by atoms with E-state index in [1.54, 1.807) is 12.1 Å². The second kappa shape index (κ2) is 10.4. The molecule has 2 heteroatoms. The fourth-order valence-electron chi connectivity index (χ4n) is 6.32. The molecule has 0 amide bonds. The number of hydrogen-bond donors (Lipinski definition) is 0. The Hall–Kier alpha value is -3.74. The SMILES string of the molecule is Fc1ccccc1C1=[C]([Zr](=[C](c2ccccc2)c2ccccc2)[CH]2c3ccccc3-c3ccccc32)CC=C1. The van der Waals surface area contributed by atoms with Crippen LogP contribution in [-0.4, -0.2) is 3.21 Å². The van der Waals surface area contributed by atoms with E-state index in [2.05, 4.69) is 121 Å². The van der Waals surface area contributed by atoms with Crippen LogP contribution >= 0.6 is 0 Å². The van der Waals surface area contributed by atoms with Crippen molar-refractivity contribution in [3.8, 4) is 11.1 Å². The van der Waals surface area contributed by atoms with Crippen LogP contribution in [0, 0.1) is 5.82 Å². The Kier molecular flexibility index (Phi) is 6.51. The average molecular weight is 582 g/mol. The van der Waals surface area contributed by atoms with Gasteiger partial charge in [-0.3, -0.25) is 0 Å². The van der Waals surface area contributed by atoms with Crippen LogP contribution in [0.4, 0.5) is 4.39 Å². The molecule has 2 aliphatic rings. The molecule has 0 unspecified atom stereocenters. The fourth-order valence-corrected chi connectivity index (χ4v) is 15.8. The van der Waals surface area contributed by atoms with Gasteiger partial charge in [-0.1, -0.05) is 0 Å². The van der Waals surface area contributed by atoms with E-state index in [-0.39, 0.29) is 5.82 Å². The third kappa shape index (κ3) is 4.28. The first-order valence-corrected chi connectivity index (χ1v) is 17.4. The normalized spacial score (nSPS) is 13.9. The van der Waals surface area contributed by atoms with Crippen molar-refractivity contribution in [2.45, 2.75) is 10.0 Å². The van der Waals surface area contributed by atoms with Crippen molar-refractivity contribution < 1.29 is 25.7 Å². The van der Waals surface area contributed by atoms with Crippen molar-refractivity contribution in [3.05, 3.63) is 183 Å². The molecule has 0 saturated heterocycles. The van der Waals surface area contributed by atoms with Gasteiger partial charge in [0.25, 0.3) is 0 Å². The molecule has 0 nitrogen and oxygen atoms in total. The van der Waals surface area contributed by atoms with Crippen molar-refractivity contribution in [2.75, 3.05) is 0 Å². The second-order valence-corrected chi connectivity index (χ2v) is 16.3. The van der Waals surface area contributed by atoms with Gasteiger partial charge in [-0.05, 0) is 0 Å². The Morgan fingerprint density at radius 1 is 0.564 bits per heavy atom. The molecule has 0 bridgehead atoms. The molecule has 7 rings (SSSR count). The average Bonchev–Trinajstić information content (AvgIpc) is 3.60. The summed E-state index contributed by atoms with van der Waals surface area (Å²) in [6, 6.07) is 47.0. The first kappa shape index (κ1) is 24.3. The number of benzene rings is 5. The predicted molar refractivity (Wildman–Crippen MR) is 157 cm³/mol. The molecule has 0 aliphatic heterocycles. The van der Waals surface area contributed by atoms with Gasteiger partial charge in [0.2, 0.25) is 0 Å². The number of halogens is 1. The quantitative estimate of drug-likeness (QED) is 0.194. The predicted octanol–water partition coefficient (Wildman–Crippen LogP) is 9.15. The van der Waals surface area contributed by atoms with Crippen LogP contribution in [0.25, 0.3) is 16.7 Å². The molecule has 0 atom stereocenters. The van der Waals surface area contributed by atoms with Crippen LogP contribution in [-0.2, 0) is 21.3 Å². The van der Waals surface area contributed by atoms with E-state index < -0.39 is 21.3 Å². The van der Waals surface area contributed by atoms with Gasteiger partial charge < -0.3 is 0 Å². The summed E-state index contributed by atoms with van der Waals surface area (Å²) in [7, 11) is 0. The third-order valence-electron chi connectivity index (χ3n) is 7.94. The van der Waals surface area contributed by atoms with Crippen LogP contribution in [0.3, 0.4) is 0 Å². The molecule has 0 aromatic heterocycles. The molecule has 5 aromatic carbocycles. The van der Waals surface area contributed by atoms with Gasteiger partial charge in [-0.25, -0.2) is 0 Å². The molecule has 0 heterocycles. The van der Waals surface area contributed by atoms with Gasteiger partial charge in [0.05, 0.1) is 0 Å². The van der Waals surface area contributed by atoms with Crippen molar-refractivity contribution in [1.82, 2.24) is 0 Å². The van der Waals surface area contributed by atoms with E-state index in [4.69, 9.17) is 0 Å². The van der Waals surface area contributed by atoms with Gasteiger partial charge in [0.15, 0.2) is 0 Å². The Morgan fingerprint density at radius 3 is 1.62 bits per heavy atom. The van der Waals surface area contributed by atoms with Crippen LogP contribution in [0.2, 0.25) is 0 Å². The summed E-state index contributed by atoms with van der Waals surface area (Å²) in [4.78, 5) is 0. The van der Waals surface area contributed by atoms with E-state index >= 15 is 4.39 Å². The first-order valence-electron chi connectivity index (χ1n) is 13.5. The van der Waals surface area contributed by atoms with E-state index in [0.717, 1.165) is 17.6 Å². The van der Waals surface area contributed by atoms with E-state index in [1.807, 2.05) is 12.1 Å². The van der Waals surface area contributed by atoms with Gasteiger partial charge >= 0.3 is 238 Å². The molecule has 0 fully saturated rings.